The van der Waals surface area contributed by atoms with Crippen molar-refractivity contribution in [2.24, 2.45) is 5.73 Å². The molecule has 3 N–H and O–H groups in total. The van der Waals surface area contributed by atoms with E-state index in [0.29, 0.717) is 0 Å². The van der Waals surface area contributed by atoms with Gasteiger partial charge in [-0.1, -0.05) is 6.07 Å². The number of carbonyl (C=O) groups is 1. The fourth-order valence-electron chi connectivity index (χ4n) is 1.51. The Morgan fingerprint density at radius 3 is 2.61 bits per heavy atom. The number of hydrogen-bond donors (Lipinski definition) is 2. The van der Waals surface area contributed by atoms with E-state index in [1.54, 1.807) is 26.8 Å². The number of carbonyl (C=O) groups excluding carboxylic acids is 1. The van der Waals surface area contributed by atoms with Crippen molar-refractivity contribution in [1.29, 1.82) is 0 Å². The van der Waals surface area contributed by atoms with Crippen LogP contribution in [0.25, 0.3) is 0 Å². The van der Waals surface area contributed by atoms with Crippen molar-refractivity contribution in [3.05, 3.63) is 33.9 Å². The summed E-state index contributed by atoms with van der Waals surface area (Å²) in [6, 6.07) is 4.65. The Morgan fingerprint density at radius 1 is 1.50 bits per heavy atom. The van der Waals surface area contributed by atoms with Gasteiger partial charge in [0.1, 0.15) is 5.69 Å². The minimum absolute atomic E-state index is 0.0953. The predicted molar refractivity (Wildman–Crippen MR) is 69.3 cm³/mol. The number of anilines is 1. The van der Waals surface area contributed by atoms with Gasteiger partial charge in [-0.25, -0.2) is 0 Å². The topological polar surface area (TPSA) is 98.3 Å². The quantitative estimate of drug-likeness (QED) is 0.631. The average molecular weight is 251 g/mol. The maximum absolute atomic E-state index is 11.7. The number of rotatable bonds is 4. The summed E-state index contributed by atoms with van der Waals surface area (Å²) in [6.45, 7) is 5.19. The van der Waals surface area contributed by atoms with Crippen LogP contribution in [0.15, 0.2) is 18.2 Å². The lowest BCUT2D eigenvalue weighted by molar-refractivity contribution is -0.384. The number of nitrogens with two attached hydrogens (primary N) is 1. The van der Waals surface area contributed by atoms with Gasteiger partial charge in [0.15, 0.2) is 0 Å². The molecule has 6 heteroatoms. The van der Waals surface area contributed by atoms with Gasteiger partial charge >= 0.3 is 0 Å². The molecule has 1 aromatic rings. The van der Waals surface area contributed by atoms with Crippen LogP contribution in [-0.4, -0.2) is 16.4 Å². The highest BCUT2D eigenvalue weighted by molar-refractivity contribution is 5.93. The molecule has 0 spiro atoms. The third kappa shape index (κ3) is 4.14. The van der Waals surface area contributed by atoms with E-state index in [-0.39, 0.29) is 23.7 Å². The second kappa shape index (κ2) is 5.14. The first kappa shape index (κ1) is 14.1. The van der Waals surface area contributed by atoms with Gasteiger partial charge in [-0.2, -0.15) is 0 Å². The summed E-state index contributed by atoms with van der Waals surface area (Å²) in [7, 11) is 0. The molecule has 0 aliphatic carbocycles. The van der Waals surface area contributed by atoms with Crippen molar-refractivity contribution in [2.45, 2.75) is 32.7 Å². The fraction of sp³-hybridized carbons (Fsp3) is 0.417. The number of amides is 1. The summed E-state index contributed by atoms with van der Waals surface area (Å²) in [4.78, 5) is 22.0. The highest BCUT2D eigenvalue weighted by Crippen LogP contribution is 2.25. The summed E-state index contributed by atoms with van der Waals surface area (Å²) in [6.07, 6.45) is 0.0953. The maximum atomic E-state index is 11.7. The number of hydrogen-bond acceptors (Lipinski definition) is 4. The molecule has 0 saturated carbocycles. The normalized spacial score (nSPS) is 11.1. The number of benzene rings is 1. The van der Waals surface area contributed by atoms with Crippen molar-refractivity contribution in [3.63, 3.8) is 0 Å². The summed E-state index contributed by atoms with van der Waals surface area (Å²) >= 11 is 0. The fourth-order valence-corrected chi connectivity index (χ4v) is 1.51. The summed E-state index contributed by atoms with van der Waals surface area (Å²) in [5, 5.41) is 13.4. The van der Waals surface area contributed by atoms with E-state index in [1.165, 1.54) is 12.1 Å². The molecule has 6 nitrogen and oxygen atoms in total. The zero-order valence-corrected chi connectivity index (χ0v) is 10.7. The van der Waals surface area contributed by atoms with E-state index < -0.39 is 10.5 Å². The molecule has 18 heavy (non-hydrogen) atoms. The molecule has 0 fully saturated rings. The molecule has 1 amide bonds. The van der Waals surface area contributed by atoms with Gasteiger partial charge in [-0.3, -0.25) is 14.9 Å². The summed E-state index contributed by atoms with van der Waals surface area (Å²) < 4.78 is 0. The number of aryl methyl sites for hydroxylation is 1. The first-order chi connectivity index (χ1) is 8.19. The summed E-state index contributed by atoms with van der Waals surface area (Å²) in [5.74, 6) is -0.338. The van der Waals surface area contributed by atoms with Crippen molar-refractivity contribution < 1.29 is 9.72 Å². The Bertz CT molecular complexity index is 478. The van der Waals surface area contributed by atoms with Crippen molar-refractivity contribution in [2.75, 3.05) is 5.32 Å². The molecule has 1 rings (SSSR count). The number of nitrogens with one attached hydrogen (secondary N) is 1. The SMILES string of the molecule is Cc1ccc(NC(=O)CC(C)(C)N)c([N+](=O)[O-])c1. The lowest BCUT2D eigenvalue weighted by Crippen LogP contribution is -2.36. The van der Waals surface area contributed by atoms with Crippen molar-refractivity contribution in [3.8, 4) is 0 Å². The van der Waals surface area contributed by atoms with Gasteiger partial charge in [0, 0.05) is 18.0 Å². The van der Waals surface area contributed by atoms with Crippen LogP contribution in [0.2, 0.25) is 0 Å². The lowest BCUT2D eigenvalue weighted by atomic mass is 10.0. The molecule has 1 aromatic carbocycles. The molecule has 0 radical (unpaired) electrons. The van der Waals surface area contributed by atoms with Crippen molar-refractivity contribution in [1.82, 2.24) is 0 Å². The van der Waals surface area contributed by atoms with Crippen LogP contribution < -0.4 is 11.1 Å². The van der Waals surface area contributed by atoms with Gasteiger partial charge in [-0.05, 0) is 32.4 Å². The van der Waals surface area contributed by atoms with Crippen molar-refractivity contribution >= 4 is 17.3 Å². The molecular weight excluding hydrogens is 234 g/mol. The van der Waals surface area contributed by atoms with Gasteiger partial charge in [-0.15, -0.1) is 0 Å². The van der Waals surface area contributed by atoms with Gasteiger partial charge in [0.2, 0.25) is 5.91 Å². The highest BCUT2D eigenvalue weighted by atomic mass is 16.6. The van der Waals surface area contributed by atoms with Gasteiger partial charge in [0.25, 0.3) is 5.69 Å². The largest absolute Gasteiger partial charge is 0.325 e. The van der Waals surface area contributed by atoms with E-state index in [1.807, 2.05) is 0 Å². The predicted octanol–water partition coefficient (Wildman–Crippen LogP) is 1.97. The minimum atomic E-state index is -0.649. The van der Waals surface area contributed by atoms with E-state index in [4.69, 9.17) is 5.73 Å². The smallest absolute Gasteiger partial charge is 0.293 e. The third-order valence-corrected chi connectivity index (χ3v) is 2.24. The summed E-state index contributed by atoms with van der Waals surface area (Å²) in [5.41, 5.74) is 5.91. The van der Waals surface area contributed by atoms with E-state index in [9.17, 15) is 14.9 Å². The first-order valence-corrected chi connectivity index (χ1v) is 5.53. The Hall–Kier alpha value is -1.95. The van der Waals surface area contributed by atoms with Crippen LogP contribution >= 0.6 is 0 Å². The first-order valence-electron chi connectivity index (χ1n) is 5.53. The molecule has 98 valence electrons. The number of nitro benzene ring substituents is 1. The standard InChI is InChI=1S/C12H17N3O3/c1-8-4-5-9(10(6-8)15(17)18)14-11(16)7-12(2,3)13/h4-6H,7,13H2,1-3H3,(H,14,16). The van der Waals surface area contributed by atoms with Gasteiger partial charge < -0.3 is 11.1 Å². The van der Waals surface area contributed by atoms with Gasteiger partial charge in [0.05, 0.1) is 4.92 Å². The van der Waals surface area contributed by atoms with Crippen LogP contribution in [0.3, 0.4) is 0 Å². The molecule has 0 bridgehead atoms. The Morgan fingerprint density at radius 2 is 2.11 bits per heavy atom. The minimum Gasteiger partial charge on any atom is -0.325 e. The molecule has 0 unspecified atom stereocenters. The second-order valence-corrected chi connectivity index (χ2v) is 4.99. The monoisotopic (exact) mass is 251 g/mol. The Balaban J connectivity index is 2.91. The average Bonchev–Trinajstić information content (AvgIpc) is 2.17. The Kier molecular flexibility index (Phi) is 4.03. The van der Waals surface area contributed by atoms with E-state index in [2.05, 4.69) is 5.32 Å². The molecule has 0 heterocycles. The molecule has 0 aliphatic heterocycles. The lowest BCUT2D eigenvalue weighted by Gasteiger charge is -2.17. The van der Waals surface area contributed by atoms with Crippen LogP contribution in [0, 0.1) is 17.0 Å². The maximum Gasteiger partial charge on any atom is 0.293 e. The van der Waals surface area contributed by atoms with Crippen LogP contribution in [-0.2, 0) is 4.79 Å². The second-order valence-electron chi connectivity index (χ2n) is 4.99. The number of nitrogens with zero attached hydrogens (tertiary/aromatic N) is 1. The highest BCUT2D eigenvalue weighted by Gasteiger charge is 2.20. The van der Waals surface area contributed by atoms with E-state index in [0.717, 1.165) is 5.56 Å². The Labute approximate surface area is 105 Å². The molecule has 0 atom stereocenters. The number of nitro groups is 1. The van der Waals surface area contributed by atoms with Crippen LogP contribution in [0.5, 0.6) is 0 Å². The van der Waals surface area contributed by atoms with E-state index >= 15 is 0 Å². The molecule has 0 saturated heterocycles. The zero-order chi connectivity index (χ0) is 13.9. The molecule has 0 aliphatic rings. The van der Waals surface area contributed by atoms with Crippen LogP contribution in [0.1, 0.15) is 25.8 Å². The third-order valence-electron chi connectivity index (χ3n) is 2.24. The van der Waals surface area contributed by atoms with Crippen LogP contribution in [0.4, 0.5) is 11.4 Å². The molecule has 0 aromatic heterocycles. The molecular formula is C12H17N3O3. The zero-order valence-electron chi connectivity index (χ0n) is 10.7.